The van der Waals surface area contributed by atoms with E-state index in [2.05, 4.69) is 0 Å². The van der Waals surface area contributed by atoms with Crippen LogP contribution < -0.4 is 0 Å². The smallest absolute Gasteiger partial charge is 0.294 e. The van der Waals surface area contributed by atoms with E-state index in [1.54, 1.807) is 26.0 Å². The van der Waals surface area contributed by atoms with E-state index in [0.29, 0.717) is 0 Å². The van der Waals surface area contributed by atoms with Gasteiger partial charge in [-0.1, -0.05) is 44.2 Å². The van der Waals surface area contributed by atoms with Crippen LogP contribution in [-0.4, -0.2) is 55.2 Å². The van der Waals surface area contributed by atoms with Crippen LogP contribution in [0.4, 0.5) is 0 Å². The van der Waals surface area contributed by atoms with Crippen molar-refractivity contribution < 1.29 is 30.5 Å². The molecule has 2 rings (SSSR count). The molecule has 2 heterocycles. The maximum absolute atomic E-state index is 11.8. The van der Waals surface area contributed by atoms with Crippen molar-refractivity contribution in [1.29, 1.82) is 0 Å². The van der Waals surface area contributed by atoms with Gasteiger partial charge in [-0.25, -0.2) is 4.58 Å². The second-order valence-corrected chi connectivity index (χ2v) is 13.2. The normalized spacial score (nSPS) is 22.0. The zero-order valence-corrected chi connectivity index (χ0v) is 25.4. The van der Waals surface area contributed by atoms with Crippen molar-refractivity contribution >= 4 is 25.9 Å². The van der Waals surface area contributed by atoms with Gasteiger partial charge in [0.15, 0.2) is 11.9 Å². The van der Waals surface area contributed by atoms with Crippen molar-refractivity contribution in [3.63, 3.8) is 0 Å². The van der Waals surface area contributed by atoms with Crippen molar-refractivity contribution in [2.75, 3.05) is 14.1 Å². The fourth-order valence-electron chi connectivity index (χ4n) is 4.55. The van der Waals surface area contributed by atoms with Crippen LogP contribution in [0.1, 0.15) is 41.5 Å². The predicted molar refractivity (Wildman–Crippen MR) is 158 cm³/mol. The molecule has 0 radical (unpaired) electrons. The molecule has 0 aromatic rings. The van der Waals surface area contributed by atoms with Gasteiger partial charge in [0.2, 0.25) is 0 Å². The van der Waals surface area contributed by atoms with Crippen LogP contribution in [0.2, 0.25) is 0 Å². The lowest BCUT2D eigenvalue weighted by Gasteiger charge is -2.25. The number of hydrogen-bond acceptors (Lipinski definition) is 5. The van der Waals surface area contributed by atoms with E-state index < -0.39 is 31.1 Å². The maximum Gasteiger partial charge on any atom is 0.294 e. The lowest BCUT2D eigenvalue weighted by atomic mass is 9.81. The summed E-state index contributed by atoms with van der Waals surface area (Å²) in [5.41, 5.74) is 2.34. The van der Waals surface area contributed by atoms with Gasteiger partial charge in [-0.2, -0.15) is 16.8 Å². The van der Waals surface area contributed by atoms with Gasteiger partial charge in [0.25, 0.3) is 20.2 Å². The van der Waals surface area contributed by atoms with E-state index in [1.807, 2.05) is 94.0 Å². The summed E-state index contributed by atoms with van der Waals surface area (Å²) in [5, 5.41) is 0. The van der Waals surface area contributed by atoms with E-state index in [1.165, 1.54) is 24.3 Å². The van der Waals surface area contributed by atoms with E-state index in [4.69, 9.17) is 0 Å². The highest BCUT2D eigenvalue weighted by Crippen LogP contribution is 2.43. The second kappa shape index (κ2) is 12.0. The minimum Gasteiger partial charge on any atom is -0.353 e. The van der Waals surface area contributed by atoms with Gasteiger partial charge in [0.05, 0.1) is 15.2 Å². The van der Waals surface area contributed by atoms with Crippen LogP contribution in [0.3, 0.4) is 0 Å². The Morgan fingerprint density at radius 1 is 0.846 bits per heavy atom. The van der Waals surface area contributed by atoms with Crippen molar-refractivity contribution in [1.82, 2.24) is 4.90 Å². The van der Waals surface area contributed by atoms with Crippen LogP contribution in [0.5, 0.6) is 0 Å². The van der Waals surface area contributed by atoms with Crippen molar-refractivity contribution in [2.45, 2.75) is 41.5 Å². The third-order valence-corrected chi connectivity index (χ3v) is 8.43. The maximum atomic E-state index is 11.8. The summed E-state index contributed by atoms with van der Waals surface area (Å²) < 4.78 is 68.1. The topological polar surface area (TPSA) is 115 Å². The molecular formula is C29H39N2O6S2+. The van der Waals surface area contributed by atoms with Crippen LogP contribution in [0.15, 0.2) is 106 Å². The minimum absolute atomic E-state index is 0.171. The first-order valence-electron chi connectivity index (χ1n) is 12.3. The number of allylic oxidation sites excluding steroid dienone is 13. The van der Waals surface area contributed by atoms with E-state index in [0.717, 1.165) is 22.6 Å². The predicted octanol–water partition coefficient (Wildman–Crippen LogP) is 5.54. The minimum atomic E-state index is -4.35. The number of rotatable bonds is 9. The molecular weight excluding hydrogens is 536 g/mol. The average molecular weight is 576 g/mol. The molecule has 0 aromatic heterocycles. The van der Waals surface area contributed by atoms with Gasteiger partial charge < -0.3 is 4.90 Å². The molecule has 2 aliphatic heterocycles. The zero-order chi connectivity index (χ0) is 29.8. The molecule has 8 nitrogen and oxygen atoms in total. The molecule has 0 saturated heterocycles. The first-order chi connectivity index (χ1) is 17.9. The zero-order valence-electron chi connectivity index (χ0n) is 23.7. The Morgan fingerprint density at radius 3 is 1.85 bits per heavy atom. The Bertz CT molecular complexity index is 1520. The van der Waals surface area contributed by atoms with Gasteiger partial charge in [0.1, 0.15) is 7.05 Å². The standard InChI is InChI=1S/C29H38N2O6S2/c1-9-14-24(38(32,33)34)18-22-20-30(7)26(28(22,3)4)16-12-11-13-17-27-29(5,6)23(21-31(27)8)19-25(15-10-2)39(35,36)37/h9-21H,1-8H3,(H-,32,33,34,35,36,37)/p+1/b14-9-,15-10-,24-18+,25-19+. The third-order valence-electron chi connectivity index (χ3n) is 6.73. The molecule has 39 heavy (non-hydrogen) atoms. The molecule has 0 spiro atoms. The van der Waals surface area contributed by atoms with Gasteiger partial charge in [-0.15, -0.1) is 0 Å². The molecule has 0 amide bonds. The first-order valence-corrected chi connectivity index (χ1v) is 15.2. The van der Waals surface area contributed by atoms with Crippen LogP contribution in [0.25, 0.3) is 0 Å². The second-order valence-electron chi connectivity index (χ2n) is 10.4. The molecule has 0 aliphatic carbocycles. The van der Waals surface area contributed by atoms with Crippen LogP contribution in [0, 0.1) is 10.8 Å². The summed E-state index contributed by atoms with van der Waals surface area (Å²) in [5.74, 6) is 0. The molecule has 10 heteroatoms. The Labute approximate surface area is 233 Å². The lowest BCUT2D eigenvalue weighted by Crippen LogP contribution is -2.24. The van der Waals surface area contributed by atoms with Crippen molar-refractivity contribution in [2.24, 2.45) is 10.8 Å². The van der Waals surface area contributed by atoms with E-state index in [9.17, 15) is 25.9 Å². The summed E-state index contributed by atoms with van der Waals surface area (Å²) >= 11 is 0. The molecule has 212 valence electrons. The Hall–Kier alpha value is -3.05. The van der Waals surface area contributed by atoms with Gasteiger partial charge in [-0.05, 0) is 63.6 Å². The summed E-state index contributed by atoms with van der Waals surface area (Å²) in [6.07, 6.45) is 22.0. The van der Waals surface area contributed by atoms with Crippen LogP contribution in [-0.2, 0) is 20.2 Å². The highest BCUT2D eigenvalue weighted by atomic mass is 32.2. The molecule has 0 aromatic carbocycles. The molecule has 0 bridgehead atoms. The lowest BCUT2D eigenvalue weighted by molar-refractivity contribution is -0.419. The molecule has 0 saturated carbocycles. The fraction of sp³-hybridized carbons (Fsp3) is 0.345. The molecule has 0 fully saturated rings. The monoisotopic (exact) mass is 575 g/mol. The summed E-state index contributed by atoms with van der Waals surface area (Å²) in [7, 11) is -4.96. The average Bonchev–Trinajstić information content (AvgIpc) is 3.13. The first kappa shape index (κ1) is 32.2. The van der Waals surface area contributed by atoms with Gasteiger partial charge in [0, 0.05) is 36.0 Å². The molecule has 2 N–H and O–H groups in total. The molecule has 0 atom stereocenters. The Kier molecular flexibility index (Phi) is 9.89. The number of hydrogen-bond donors (Lipinski definition) is 2. The van der Waals surface area contributed by atoms with Crippen molar-refractivity contribution in [3.8, 4) is 0 Å². The summed E-state index contributed by atoms with van der Waals surface area (Å²) in [6.45, 7) is 11.3. The quantitative estimate of drug-likeness (QED) is 0.211. The largest absolute Gasteiger partial charge is 0.353 e. The van der Waals surface area contributed by atoms with Crippen LogP contribution >= 0.6 is 0 Å². The highest BCUT2D eigenvalue weighted by Gasteiger charge is 2.39. The fourth-order valence-corrected chi connectivity index (χ4v) is 5.72. The summed E-state index contributed by atoms with van der Waals surface area (Å²) in [6, 6.07) is 0. The van der Waals surface area contributed by atoms with E-state index >= 15 is 0 Å². The number of nitrogens with zero attached hydrogens (tertiary/aromatic N) is 2. The highest BCUT2D eigenvalue weighted by molar-refractivity contribution is 7.90. The van der Waals surface area contributed by atoms with Crippen molar-refractivity contribution in [3.05, 3.63) is 106 Å². The molecule has 0 unspecified atom stereocenters. The molecule has 2 aliphatic rings. The van der Waals surface area contributed by atoms with E-state index in [-0.39, 0.29) is 9.81 Å². The third kappa shape index (κ3) is 7.54. The SMILES string of the molecule is C/C=C\C(=C/C1=C[N+](C)=C(/C=C/C=C/C=C2/N(C)C=C(/C=C(\C=C/C)S(=O)(=O)O)C2(C)C)C1(C)C)S(=O)(=O)O. The summed E-state index contributed by atoms with van der Waals surface area (Å²) in [4.78, 5) is 1.57. The van der Waals surface area contributed by atoms with Gasteiger partial charge in [-0.3, -0.25) is 9.11 Å². The van der Waals surface area contributed by atoms with Gasteiger partial charge >= 0.3 is 0 Å². The Balaban J connectivity index is 2.28. The Morgan fingerprint density at radius 2 is 1.36 bits per heavy atom.